The Morgan fingerprint density at radius 1 is 0.538 bits per heavy atom. The van der Waals surface area contributed by atoms with Crippen LogP contribution in [0.4, 0.5) is 17.1 Å². The third-order valence-corrected chi connectivity index (χ3v) is 10.1. The molecule has 1 aliphatic rings. The van der Waals surface area contributed by atoms with Crippen molar-refractivity contribution in [1.29, 1.82) is 0 Å². The Morgan fingerprint density at radius 2 is 1.23 bits per heavy atom. The van der Waals surface area contributed by atoms with Crippen molar-refractivity contribution in [2.45, 2.75) is 19.3 Å². The number of anilines is 3. The topological polar surface area (TPSA) is 43.2 Å². The number of benzene rings is 6. The van der Waals surface area contributed by atoms with Gasteiger partial charge in [0, 0.05) is 30.3 Å². The van der Waals surface area contributed by atoms with Gasteiger partial charge in [-0.15, -0.1) is 0 Å². The van der Waals surface area contributed by atoms with Gasteiger partial charge in [-0.05, 0) is 120 Å². The lowest BCUT2D eigenvalue weighted by Gasteiger charge is -2.45. The fourth-order valence-corrected chi connectivity index (χ4v) is 7.96. The largest absolute Gasteiger partial charge is 0.457 e. The molecule has 250 valence electrons. The number of rotatable bonds is 7. The molecule has 52 heavy (non-hydrogen) atoms. The highest BCUT2D eigenvalue weighted by Crippen LogP contribution is 2.57. The fraction of sp³-hybridized carbons (Fsp3) is 0.0638. The molecular formula is C47H36N4O. The molecule has 1 aliphatic heterocycles. The van der Waals surface area contributed by atoms with Crippen LogP contribution >= 0.6 is 0 Å². The third-order valence-electron chi connectivity index (χ3n) is 10.1. The molecule has 0 radical (unpaired) electrons. The maximum Gasteiger partial charge on any atom is 0.130 e. The zero-order valence-corrected chi connectivity index (χ0v) is 29.0. The summed E-state index contributed by atoms with van der Waals surface area (Å²) >= 11 is 0. The van der Waals surface area contributed by atoms with Crippen molar-refractivity contribution in [1.82, 2.24) is 14.8 Å². The summed E-state index contributed by atoms with van der Waals surface area (Å²) in [5.74, 6) is 1.47. The number of nitrogens with zero attached hydrogens (tertiary/aromatic N) is 4. The predicted octanol–water partition coefficient (Wildman–Crippen LogP) is 11.5. The molecule has 0 bridgehead atoms. The van der Waals surface area contributed by atoms with Gasteiger partial charge >= 0.3 is 0 Å². The first-order valence-electron chi connectivity index (χ1n) is 17.6. The van der Waals surface area contributed by atoms with Gasteiger partial charge in [0.2, 0.25) is 0 Å². The molecule has 0 amide bonds. The van der Waals surface area contributed by atoms with Gasteiger partial charge in [0.25, 0.3) is 0 Å². The van der Waals surface area contributed by atoms with Gasteiger partial charge < -0.3 is 9.64 Å². The Balaban J connectivity index is 1.24. The van der Waals surface area contributed by atoms with E-state index in [2.05, 4.69) is 163 Å². The molecule has 0 unspecified atom stereocenters. The molecule has 5 nitrogen and oxygen atoms in total. The Hall–Kier alpha value is -6.72. The van der Waals surface area contributed by atoms with Crippen molar-refractivity contribution >= 4 is 17.1 Å². The molecule has 0 fully saturated rings. The monoisotopic (exact) mass is 672 g/mol. The summed E-state index contributed by atoms with van der Waals surface area (Å²) in [4.78, 5) is 7.46. The van der Waals surface area contributed by atoms with Gasteiger partial charge in [-0.3, -0.25) is 4.98 Å². The first-order valence-corrected chi connectivity index (χ1v) is 17.6. The quantitative estimate of drug-likeness (QED) is 0.169. The van der Waals surface area contributed by atoms with Crippen molar-refractivity contribution in [2.75, 3.05) is 4.90 Å². The molecule has 9 rings (SSSR count). The van der Waals surface area contributed by atoms with Crippen LogP contribution < -0.4 is 9.64 Å². The van der Waals surface area contributed by atoms with E-state index in [1.807, 2.05) is 41.3 Å². The summed E-state index contributed by atoms with van der Waals surface area (Å²) in [7, 11) is 0. The first kappa shape index (κ1) is 31.3. The minimum absolute atomic E-state index is 0.731. The van der Waals surface area contributed by atoms with Gasteiger partial charge in [-0.2, -0.15) is 5.10 Å². The molecule has 0 aliphatic carbocycles. The second-order valence-electron chi connectivity index (χ2n) is 13.2. The van der Waals surface area contributed by atoms with E-state index < -0.39 is 5.41 Å². The summed E-state index contributed by atoms with van der Waals surface area (Å²) in [5.41, 5.74) is 12.5. The maximum atomic E-state index is 6.87. The minimum Gasteiger partial charge on any atom is -0.457 e. The van der Waals surface area contributed by atoms with Gasteiger partial charge in [0.15, 0.2) is 0 Å². The van der Waals surface area contributed by atoms with Crippen molar-refractivity contribution < 1.29 is 4.74 Å². The first-order chi connectivity index (χ1) is 25.6. The standard InChI is InChI=1S/C47H36N4O/c1-33-15-12-16-34(2)46(33)35-29-38(50-28-14-27-49-50)32-40(30-35)52-39-20-13-17-36(31-39)47(45-25-10-11-26-48-45)41-21-6-8-23-43(41)51(37-18-4-3-5-19-37)44-24-9-7-22-42(44)47/h3-32H,1-2H3. The van der Waals surface area contributed by atoms with Crippen LogP contribution in [0.25, 0.3) is 16.8 Å². The maximum absolute atomic E-state index is 6.87. The van der Waals surface area contributed by atoms with E-state index in [-0.39, 0.29) is 0 Å². The van der Waals surface area contributed by atoms with E-state index in [1.54, 1.807) is 6.20 Å². The van der Waals surface area contributed by atoms with Crippen LogP contribution in [-0.2, 0) is 5.41 Å². The number of ether oxygens (including phenoxy) is 1. The number of pyridine rings is 1. The van der Waals surface area contributed by atoms with Crippen LogP contribution in [0.15, 0.2) is 182 Å². The number of aryl methyl sites for hydroxylation is 2. The highest BCUT2D eigenvalue weighted by Gasteiger charge is 2.47. The summed E-state index contributed by atoms with van der Waals surface area (Å²) in [5, 5.41) is 4.55. The summed E-state index contributed by atoms with van der Waals surface area (Å²) in [6.07, 6.45) is 5.65. The summed E-state index contributed by atoms with van der Waals surface area (Å²) in [6.45, 7) is 4.31. The van der Waals surface area contributed by atoms with Crippen LogP contribution in [0.5, 0.6) is 11.5 Å². The Bertz CT molecular complexity index is 2460. The predicted molar refractivity (Wildman–Crippen MR) is 209 cm³/mol. The lowest BCUT2D eigenvalue weighted by Crippen LogP contribution is -2.38. The van der Waals surface area contributed by atoms with Crippen molar-refractivity contribution in [3.63, 3.8) is 0 Å². The zero-order valence-electron chi connectivity index (χ0n) is 29.0. The highest BCUT2D eigenvalue weighted by atomic mass is 16.5. The van der Waals surface area contributed by atoms with Crippen molar-refractivity contribution in [3.05, 3.63) is 216 Å². The van der Waals surface area contributed by atoms with Crippen molar-refractivity contribution in [2.24, 2.45) is 0 Å². The average Bonchev–Trinajstić information content (AvgIpc) is 3.73. The molecule has 2 aromatic heterocycles. The lowest BCUT2D eigenvalue weighted by atomic mass is 9.64. The number of fused-ring (bicyclic) bond motifs is 2. The van der Waals surface area contributed by atoms with E-state index in [1.165, 1.54) is 16.7 Å². The number of hydrogen-bond acceptors (Lipinski definition) is 4. The van der Waals surface area contributed by atoms with Crippen LogP contribution in [0.2, 0.25) is 0 Å². The second kappa shape index (κ2) is 12.9. The van der Waals surface area contributed by atoms with E-state index in [0.717, 1.165) is 62.2 Å². The molecule has 0 saturated heterocycles. The highest BCUT2D eigenvalue weighted by molar-refractivity contribution is 5.89. The number of aromatic nitrogens is 3. The molecule has 5 heteroatoms. The SMILES string of the molecule is Cc1cccc(C)c1-c1cc(Oc2cccc(C3(c4ccccn4)c4ccccc4N(c4ccccc4)c4ccccc43)c2)cc(-n2cccn2)c1. The van der Waals surface area contributed by atoms with Gasteiger partial charge in [0.1, 0.15) is 11.5 Å². The molecule has 0 atom stereocenters. The Morgan fingerprint density at radius 3 is 1.92 bits per heavy atom. The second-order valence-corrected chi connectivity index (χ2v) is 13.2. The fourth-order valence-electron chi connectivity index (χ4n) is 7.96. The summed E-state index contributed by atoms with van der Waals surface area (Å²) < 4.78 is 8.75. The minimum atomic E-state index is -0.737. The van der Waals surface area contributed by atoms with E-state index >= 15 is 0 Å². The Labute approximate surface area is 304 Å². The van der Waals surface area contributed by atoms with E-state index in [4.69, 9.17) is 9.72 Å². The average molecular weight is 673 g/mol. The molecular weight excluding hydrogens is 637 g/mol. The van der Waals surface area contributed by atoms with E-state index in [0.29, 0.717) is 0 Å². The van der Waals surface area contributed by atoms with Crippen LogP contribution in [-0.4, -0.2) is 14.8 Å². The van der Waals surface area contributed by atoms with E-state index in [9.17, 15) is 0 Å². The Kier molecular flexibility index (Phi) is 7.74. The van der Waals surface area contributed by atoms with Gasteiger partial charge in [-0.1, -0.05) is 91.0 Å². The van der Waals surface area contributed by atoms with Crippen molar-refractivity contribution in [3.8, 4) is 28.3 Å². The number of para-hydroxylation sites is 3. The summed E-state index contributed by atoms with van der Waals surface area (Å²) in [6, 6.07) is 57.4. The normalized spacial score (nSPS) is 12.9. The molecule has 3 heterocycles. The van der Waals surface area contributed by atoms with Gasteiger partial charge in [-0.25, -0.2) is 4.68 Å². The van der Waals surface area contributed by atoms with Crippen LogP contribution in [0, 0.1) is 13.8 Å². The van der Waals surface area contributed by atoms with Crippen LogP contribution in [0.1, 0.15) is 33.5 Å². The lowest BCUT2D eigenvalue weighted by molar-refractivity contribution is 0.480. The smallest absolute Gasteiger partial charge is 0.130 e. The van der Waals surface area contributed by atoms with Crippen LogP contribution in [0.3, 0.4) is 0 Å². The third kappa shape index (κ3) is 5.17. The number of hydrogen-bond donors (Lipinski definition) is 0. The molecule has 0 spiro atoms. The zero-order chi connectivity index (χ0) is 35.1. The molecule has 0 N–H and O–H groups in total. The van der Waals surface area contributed by atoms with Gasteiger partial charge in [0.05, 0.1) is 28.2 Å². The molecule has 8 aromatic rings. The molecule has 6 aromatic carbocycles. The molecule has 0 saturated carbocycles.